The average molecular weight is 299 g/mol. The third kappa shape index (κ3) is 3.12. The van der Waals surface area contributed by atoms with Gasteiger partial charge in [0.1, 0.15) is 6.20 Å². The maximum atomic E-state index is 11.2. The van der Waals surface area contributed by atoms with Crippen LogP contribution in [0, 0.1) is 0 Å². The molecule has 0 saturated heterocycles. The van der Waals surface area contributed by atoms with Crippen LogP contribution in [-0.2, 0) is 11.3 Å². The van der Waals surface area contributed by atoms with Gasteiger partial charge in [0.2, 0.25) is 5.78 Å². The van der Waals surface area contributed by atoms with E-state index in [1.165, 1.54) is 0 Å². The van der Waals surface area contributed by atoms with Crippen molar-refractivity contribution in [3.63, 3.8) is 0 Å². The minimum absolute atomic E-state index is 0.0724. The number of anilines is 1. The SMILES string of the molecule is Nc1ccc(Br)c[n+]1CC(=O)C(Cl)Cl. The third-order valence-electron chi connectivity index (χ3n) is 1.59. The van der Waals surface area contributed by atoms with E-state index in [1.807, 2.05) is 0 Å². The summed E-state index contributed by atoms with van der Waals surface area (Å²) in [4.78, 5) is 10.2. The van der Waals surface area contributed by atoms with Gasteiger partial charge in [0.05, 0.1) is 4.47 Å². The van der Waals surface area contributed by atoms with E-state index in [9.17, 15) is 4.79 Å². The molecule has 1 aromatic heterocycles. The van der Waals surface area contributed by atoms with Gasteiger partial charge in [-0.25, -0.2) is 4.57 Å². The third-order valence-corrected chi connectivity index (χ3v) is 2.55. The Morgan fingerprint density at radius 3 is 2.79 bits per heavy atom. The molecule has 0 aliphatic heterocycles. The molecule has 0 radical (unpaired) electrons. The van der Waals surface area contributed by atoms with Gasteiger partial charge in [-0.05, 0) is 22.0 Å². The number of hydrogen-bond acceptors (Lipinski definition) is 2. The Kier molecular flexibility index (Phi) is 4.16. The molecule has 0 amide bonds. The summed E-state index contributed by atoms with van der Waals surface area (Å²) < 4.78 is 2.41. The summed E-state index contributed by atoms with van der Waals surface area (Å²) in [6, 6.07) is 3.48. The number of carbonyl (C=O) groups excluding carboxylic acids is 1. The first-order chi connectivity index (χ1) is 6.50. The monoisotopic (exact) mass is 297 g/mol. The topological polar surface area (TPSA) is 47.0 Å². The molecular formula is C8H8BrCl2N2O+. The van der Waals surface area contributed by atoms with Gasteiger partial charge in [0.25, 0.3) is 5.82 Å². The van der Waals surface area contributed by atoms with E-state index in [2.05, 4.69) is 15.9 Å². The van der Waals surface area contributed by atoms with Crippen molar-refractivity contribution >= 4 is 50.7 Å². The molecule has 6 heteroatoms. The summed E-state index contributed by atoms with van der Waals surface area (Å²) in [6.45, 7) is 0.0724. The first-order valence-corrected chi connectivity index (χ1v) is 5.42. The fraction of sp³-hybridized carbons (Fsp3) is 0.250. The van der Waals surface area contributed by atoms with Crippen molar-refractivity contribution in [1.82, 2.24) is 0 Å². The number of ketones is 1. The summed E-state index contributed by atoms with van der Waals surface area (Å²) in [7, 11) is 0. The summed E-state index contributed by atoms with van der Waals surface area (Å²) in [6.07, 6.45) is 1.70. The fourth-order valence-corrected chi connectivity index (χ4v) is 1.42. The first kappa shape index (κ1) is 11.8. The number of Topliss-reactive ketones (excluding diaryl/α,β-unsaturated/α-hetero) is 1. The van der Waals surface area contributed by atoms with E-state index >= 15 is 0 Å². The zero-order valence-electron chi connectivity index (χ0n) is 7.08. The Morgan fingerprint density at radius 2 is 2.21 bits per heavy atom. The van der Waals surface area contributed by atoms with Crippen molar-refractivity contribution in [2.24, 2.45) is 0 Å². The van der Waals surface area contributed by atoms with E-state index in [4.69, 9.17) is 28.9 Å². The maximum Gasteiger partial charge on any atom is 0.272 e. The minimum atomic E-state index is -1.01. The molecule has 0 bridgehead atoms. The smallest absolute Gasteiger partial charge is 0.272 e. The van der Waals surface area contributed by atoms with Crippen molar-refractivity contribution in [1.29, 1.82) is 0 Å². The van der Waals surface area contributed by atoms with E-state index in [0.29, 0.717) is 5.82 Å². The van der Waals surface area contributed by atoms with Gasteiger partial charge in [-0.3, -0.25) is 10.5 Å². The molecular weight excluding hydrogens is 291 g/mol. The quantitative estimate of drug-likeness (QED) is 0.682. The van der Waals surface area contributed by atoms with Crippen LogP contribution in [0.1, 0.15) is 0 Å². The predicted molar refractivity (Wildman–Crippen MR) is 59.3 cm³/mol. The summed E-state index contributed by atoms with van der Waals surface area (Å²) in [5, 5.41) is 0. The zero-order chi connectivity index (χ0) is 10.7. The molecule has 1 heterocycles. The Labute approximate surface area is 99.9 Å². The lowest BCUT2D eigenvalue weighted by molar-refractivity contribution is -0.670. The van der Waals surface area contributed by atoms with Crippen LogP contribution in [0.3, 0.4) is 0 Å². The lowest BCUT2D eigenvalue weighted by Gasteiger charge is -2.03. The molecule has 0 spiro atoms. The molecule has 1 rings (SSSR count). The number of carbonyl (C=O) groups is 1. The lowest BCUT2D eigenvalue weighted by Crippen LogP contribution is -2.42. The highest BCUT2D eigenvalue weighted by Gasteiger charge is 2.16. The Balaban J connectivity index is 2.86. The van der Waals surface area contributed by atoms with Gasteiger partial charge >= 0.3 is 0 Å². The lowest BCUT2D eigenvalue weighted by atomic mass is 10.4. The van der Waals surface area contributed by atoms with Crippen LogP contribution < -0.4 is 10.3 Å². The van der Waals surface area contributed by atoms with Crippen LogP contribution in [-0.4, -0.2) is 10.6 Å². The van der Waals surface area contributed by atoms with Crippen LogP contribution in [0.5, 0.6) is 0 Å². The van der Waals surface area contributed by atoms with E-state index in [0.717, 1.165) is 4.47 Å². The number of aromatic nitrogens is 1. The summed E-state index contributed by atoms with van der Waals surface area (Å²) in [5.41, 5.74) is 5.64. The number of nitrogens with zero attached hydrogens (tertiary/aromatic N) is 1. The van der Waals surface area contributed by atoms with Gasteiger partial charge in [-0.15, -0.1) is 0 Å². The van der Waals surface area contributed by atoms with Crippen LogP contribution in [0.4, 0.5) is 5.82 Å². The molecule has 0 aliphatic carbocycles. The van der Waals surface area contributed by atoms with Crippen molar-refractivity contribution in [2.75, 3.05) is 5.73 Å². The largest absolute Gasteiger partial charge is 0.292 e. The molecule has 3 nitrogen and oxygen atoms in total. The average Bonchev–Trinajstić information content (AvgIpc) is 2.11. The van der Waals surface area contributed by atoms with Crippen molar-refractivity contribution in [2.45, 2.75) is 11.4 Å². The highest BCUT2D eigenvalue weighted by atomic mass is 79.9. The van der Waals surface area contributed by atoms with Crippen molar-refractivity contribution in [3.05, 3.63) is 22.8 Å². The predicted octanol–water partition coefficient (Wildman–Crippen LogP) is 1.69. The molecule has 0 fully saturated rings. The van der Waals surface area contributed by atoms with E-state index in [1.54, 1.807) is 22.9 Å². The normalized spacial score (nSPS) is 10.6. The molecule has 76 valence electrons. The second-order valence-corrected chi connectivity index (χ2v) is 4.68. The molecule has 0 atom stereocenters. The standard InChI is InChI=1S/C8H7BrCl2N2O/c9-5-1-2-7(12)13(3-5)4-6(14)8(10)11/h1-3,8,12H,4H2/p+1. The van der Waals surface area contributed by atoms with Crippen molar-refractivity contribution < 1.29 is 9.36 Å². The number of alkyl halides is 2. The molecule has 14 heavy (non-hydrogen) atoms. The molecule has 0 aromatic carbocycles. The van der Waals surface area contributed by atoms with Gasteiger partial charge in [0.15, 0.2) is 11.4 Å². The molecule has 0 saturated carbocycles. The zero-order valence-corrected chi connectivity index (χ0v) is 10.2. The van der Waals surface area contributed by atoms with Gasteiger partial charge in [0, 0.05) is 6.07 Å². The van der Waals surface area contributed by atoms with Crippen LogP contribution in [0.15, 0.2) is 22.8 Å². The second kappa shape index (κ2) is 4.96. The first-order valence-electron chi connectivity index (χ1n) is 3.76. The van der Waals surface area contributed by atoms with Crippen LogP contribution in [0.2, 0.25) is 0 Å². The molecule has 0 aliphatic rings. The number of nitrogens with two attached hydrogens (primary N) is 1. The number of pyridine rings is 1. The summed E-state index contributed by atoms with van der Waals surface area (Å²) >= 11 is 14.1. The van der Waals surface area contributed by atoms with E-state index < -0.39 is 4.84 Å². The molecule has 1 aromatic rings. The second-order valence-electron chi connectivity index (χ2n) is 2.67. The Hall–Kier alpha value is -0.320. The number of halogens is 3. The maximum absolute atomic E-state index is 11.2. The highest BCUT2D eigenvalue weighted by molar-refractivity contribution is 9.10. The fourth-order valence-electron chi connectivity index (χ4n) is 0.901. The number of rotatable bonds is 3. The highest BCUT2D eigenvalue weighted by Crippen LogP contribution is 2.08. The van der Waals surface area contributed by atoms with Crippen molar-refractivity contribution in [3.8, 4) is 0 Å². The molecule has 2 N–H and O–H groups in total. The van der Waals surface area contributed by atoms with E-state index in [-0.39, 0.29) is 12.3 Å². The molecule has 0 unspecified atom stereocenters. The Morgan fingerprint density at radius 1 is 1.57 bits per heavy atom. The van der Waals surface area contributed by atoms with Crippen LogP contribution in [0.25, 0.3) is 0 Å². The Bertz CT molecular complexity index is 357. The minimum Gasteiger partial charge on any atom is -0.292 e. The van der Waals surface area contributed by atoms with Gasteiger partial charge in [-0.2, -0.15) is 0 Å². The van der Waals surface area contributed by atoms with Gasteiger partial charge in [-0.1, -0.05) is 23.2 Å². The van der Waals surface area contributed by atoms with Crippen LogP contribution >= 0.6 is 39.1 Å². The van der Waals surface area contributed by atoms with Gasteiger partial charge < -0.3 is 0 Å². The summed E-state index contributed by atoms with van der Waals surface area (Å²) in [5.74, 6) is 0.193. The number of nitrogen functional groups attached to an aromatic ring is 1. The number of hydrogen-bond donors (Lipinski definition) is 1.